The predicted octanol–water partition coefficient (Wildman–Crippen LogP) is 3.94. The fraction of sp³-hybridized carbons (Fsp3) is 0.0588. The smallest absolute Gasteiger partial charge is 0.213 e. The van der Waals surface area contributed by atoms with Gasteiger partial charge in [-0.1, -0.05) is 30.3 Å². The van der Waals surface area contributed by atoms with Crippen molar-refractivity contribution in [1.82, 2.24) is 9.97 Å². The van der Waals surface area contributed by atoms with Crippen LogP contribution in [0, 0.1) is 0 Å². The largest absolute Gasteiger partial charge is 0.481 e. The SMILES string of the molecule is COc1ccc2nc3ccc4ccccc4c3cc2n1. The zero-order valence-corrected chi connectivity index (χ0v) is 11.0. The third-order valence-corrected chi connectivity index (χ3v) is 3.56. The van der Waals surface area contributed by atoms with Gasteiger partial charge in [-0.3, -0.25) is 0 Å². The van der Waals surface area contributed by atoms with Gasteiger partial charge in [0.1, 0.15) is 0 Å². The second-order valence-corrected chi connectivity index (χ2v) is 4.73. The van der Waals surface area contributed by atoms with Gasteiger partial charge in [-0.05, 0) is 29.0 Å². The van der Waals surface area contributed by atoms with Gasteiger partial charge in [-0.15, -0.1) is 0 Å². The zero-order chi connectivity index (χ0) is 13.5. The maximum atomic E-state index is 5.18. The number of ether oxygens (including phenoxy) is 1. The van der Waals surface area contributed by atoms with Gasteiger partial charge in [0.05, 0.1) is 23.7 Å². The summed E-state index contributed by atoms with van der Waals surface area (Å²) in [6, 6.07) is 18.3. The topological polar surface area (TPSA) is 35.0 Å². The molecule has 0 N–H and O–H groups in total. The molecule has 2 aromatic heterocycles. The first-order valence-electron chi connectivity index (χ1n) is 6.48. The molecule has 0 spiro atoms. The lowest BCUT2D eigenvalue weighted by atomic mass is 10.0. The van der Waals surface area contributed by atoms with Gasteiger partial charge in [0, 0.05) is 11.5 Å². The van der Waals surface area contributed by atoms with Crippen LogP contribution in [0.2, 0.25) is 0 Å². The summed E-state index contributed by atoms with van der Waals surface area (Å²) in [5, 5.41) is 3.53. The molecule has 20 heavy (non-hydrogen) atoms. The third-order valence-electron chi connectivity index (χ3n) is 3.56. The maximum absolute atomic E-state index is 5.18. The molecule has 4 rings (SSSR count). The number of rotatable bonds is 1. The van der Waals surface area contributed by atoms with Crippen molar-refractivity contribution in [2.45, 2.75) is 0 Å². The molecule has 3 heteroatoms. The van der Waals surface area contributed by atoms with E-state index in [4.69, 9.17) is 4.74 Å². The van der Waals surface area contributed by atoms with E-state index < -0.39 is 0 Å². The summed E-state index contributed by atoms with van der Waals surface area (Å²) in [6.07, 6.45) is 0. The van der Waals surface area contributed by atoms with Crippen LogP contribution in [0.4, 0.5) is 0 Å². The molecule has 0 aliphatic heterocycles. The zero-order valence-electron chi connectivity index (χ0n) is 11.0. The molecule has 0 saturated heterocycles. The second-order valence-electron chi connectivity index (χ2n) is 4.73. The van der Waals surface area contributed by atoms with Crippen molar-refractivity contribution in [3.05, 3.63) is 54.6 Å². The van der Waals surface area contributed by atoms with Crippen molar-refractivity contribution in [2.75, 3.05) is 7.11 Å². The van der Waals surface area contributed by atoms with Crippen molar-refractivity contribution in [3.63, 3.8) is 0 Å². The fourth-order valence-corrected chi connectivity index (χ4v) is 2.56. The molecule has 2 heterocycles. The monoisotopic (exact) mass is 260 g/mol. The summed E-state index contributed by atoms with van der Waals surface area (Å²) in [5.74, 6) is 0.610. The van der Waals surface area contributed by atoms with Gasteiger partial charge in [0.25, 0.3) is 0 Å². The van der Waals surface area contributed by atoms with Crippen LogP contribution in [0.1, 0.15) is 0 Å². The second kappa shape index (κ2) is 4.17. The number of nitrogens with zero attached hydrogens (tertiary/aromatic N) is 2. The minimum absolute atomic E-state index is 0.610. The highest BCUT2D eigenvalue weighted by Crippen LogP contribution is 2.27. The minimum Gasteiger partial charge on any atom is -0.481 e. The van der Waals surface area contributed by atoms with Gasteiger partial charge in [-0.2, -0.15) is 0 Å². The van der Waals surface area contributed by atoms with Crippen LogP contribution in [0.3, 0.4) is 0 Å². The van der Waals surface area contributed by atoms with Gasteiger partial charge >= 0.3 is 0 Å². The van der Waals surface area contributed by atoms with Crippen molar-refractivity contribution in [3.8, 4) is 5.88 Å². The standard InChI is InChI=1S/C17H12N2O/c1-20-17-9-8-15-16(19-17)10-13-12-5-3-2-4-11(12)6-7-14(13)18-15/h2-10H,1H3. The summed E-state index contributed by atoms with van der Waals surface area (Å²) < 4.78 is 5.18. The molecular formula is C17H12N2O. The molecule has 0 unspecified atom stereocenters. The summed E-state index contributed by atoms with van der Waals surface area (Å²) in [5.41, 5.74) is 2.73. The number of fused-ring (bicyclic) bond motifs is 4. The molecule has 3 nitrogen and oxygen atoms in total. The number of aromatic nitrogens is 2. The van der Waals surface area contributed by atoms with Gasteiger partial charge < -0.3 is 4.74 Å². The van der Waals surface area contributed by atoms with E-state index in [1.165, 1.54) is 10.8 Å². The molecule has 96 valence electrons. The average Bonchev–Trinajstić information content (AvgIpc) is 2.52. The Morgan fingerprint density at radius 1 is 0.750 bits per heavy atom. The van der Waals surface area contributed by atoms with E-state index in [0.29, 0.717) is 5.88 Å². The molecule has 0 amide bonds. The Labute approximate surface area is 115 Å². The van der Waals surface area contributed by atoms with Crippen molar-refractivity contribution >= 4 is 32.7 Å². The Balaban J connectivity index is 2.16. The summed E-state index contributed by atoms with van der Waals surface area (Å²) in [6.45, 7) is 0. The van der Waals surface area contributed by atoms with E-state index in [2.05, 4.69) is 40.3 Å². The van der Waals surface area contributed by atoms with E-state index in [-0.39, 0.29) is 0 Å². The lowest BCUT2D eigenvalue weighted by Gasteiger charge is -2.06. The predicted molar refractivity (Wildman–Crippen MR) is 81.1 cm³/mol. The Morgan fingerprint density at radius 3 is 2.50 bits per heavy atom. The normalized spacial score (nSPS) is 11.2. The molecule has 0 aliphatic carbocycles. The summed E-state index contributed by atoms with van der Waals surface area (Å²) in [4.78, 5) is 9.15. The first kappa shape index (κ1) is 11.2. The third kappa shape index (κ3) is 1.60. The molecule has 0 fully saturated rings. The molecule has 0 bridgehead atoms. The lowest BCUT2D eigenvalue weighted by molar-refractivity contribution is 0.399. The number of hydrogen-bond donors (Lipinski definition) is 0. The van der Waals surface area contributed by atoms with Crippen LogP contribution in [0.25, 0.3) is 32.7 Å². The Kier molecular flexibility index (Phi) is 2.33. The molecule has 0 radical (unpaired) electrons. The summed E-state index contributed by atoms with van der Waals surface area (Å²) >= 11 is 0. The van der Waals surface area contributed by atoms with Crippen LogP contribution in [-0.4, -0.2) is 17.1 Å². The van der Waals surface area contributed by atoms with Crippen LogP contribution in [-0.2, 0) is 0 Å². The highest BCUT2D eigenvalue weighted by atomic mass is 16.5. The molecule has 4 aromatic rings. The van der Waals surface area contributed by atoms with Gasteiger partial charge in [0.2, 0.25) is 5.88 Å². The first-order valence-corrected chi connectivity index (χ1v) is 6.48. The Bertz CT molecular complexity index is 947. The Hall–Kier alpha value is -2.68. The van der Waals surface area contributed by atoms with Crippen LogP contribution in [0.15, 0.2) is 54.6 Å². The van der Waals surface area contributed by atoms with Crippen LogP contribution < -0.4 is 4.74 Å². The Morgan fingerprint density at radius 2 is 1.60 bits per heavy atom. The minimum atomic E-state index is 0.610. The van der Waals surface area contributed by atoms with Crippen molar-refractivity contribution in [1.29, 1.82) is 0 Å². The van der Waals surface area contributed by atoms with Gasteiger partial charge in [0.15, 0.2) is 0 Å². The summed E-state index contributed by atoms with van der Waals surface area (Å²) in [7, 11) is 1.62. The van der Waals surface area contributed by atoms with Crippen molar-refractivity contribution < 1.29 is 4.74 Å². The van der Waals surface area contributed by atoms with Gasteiger partial charge in [-0.25, -0.2) is 9.97 Å². The molecule has 0 atom stereocenters. The van der Waals surface area contributed by atoms with E-state index >= 15 is 0 Å². The van der Waals surface area contributed by atoms with E-state index in [9.17, 15) is 0 Å². The molecule has 0 aliphatic rings. The first-order chi connectivity index (χ1) is 9.85. The molecule has 0 saturated carbocycles. The number of benzene rings is 2. The fourth-order valence-electron chi connectivity index (χ4n) is 2.56. The van der Waals surface area contributed by atoms with E-state index in [1.807, 2.05) is 24.3 Å². The molecule has 2 aromatic carbocycles. The van der Waals surface area contributed by atoms with Crippen LogP contribution in [0.5, 0.6) is 5.88 Å². The highest BCUT2D eigenvalue weighted by molar-refractivity contribution is 6.08. The number of methoxy groups -OCH3 is 1. The quantitative estimate of drug-likeness (QED) is 0.384. The van der Waals surface area contributed by atoms with E-state index in [0.717, 1.165) is 21.9 Å². The van der Waals surface area contributed by atoms with E-state index in [1.54, 1.807) is 7.11 Å². The lowest BCUT2D eigenvalue weighted by Crippen LogP contribution is -1.90. The average molecular weight is 260 g/mol. The maximum Gasteiger partial charge on any atom is 0.213 e. The number of pyridine rings is 2. The number of hydrogen-bond acceptors (Lipinski definition) is 3. The van der Waals surface area contributed by atoms with Crippen molar-refractivity contribution in [2.24, 2.45) is 0 Å². The van der Waals surface area contributed by atoms with Crippen LogP contribution >= 0.6 is 0 Å². The highest BCUT2D eigenvalue weighted by Gasteiger charge is 2.05. The molecular weight excluding hydrogens is 248 g/mol.